The highest BCUT2D eigenvalue weighted by Gasteiger charge is 2.12. The minimum atomic E-state index is 0.920. The van der Waals surface area contributed by atoms with Crippen LogP contribution >= 0.6 is 37.5 Å². The van der Waals surface area contributed by atoms with Crippen LogP contribution in [-0.2, 0) is 0 Å². The van der Waals surface area contributed by atoms with Crippen molar-refractivity contribution in [3.05, 3.63) is 9.81 Å². The zero-order valence-electron chi connectivity index (χ0n) is 4.22. The maximum Gasteiger partial charge on any atom is 0.0296 e. The minimum Gasteiger partial charge on any atom is -0.147 e. The Labute approximate surface area is 65.2 Å². The van der Waals surface area contributed by atoms with Crippen molar-refractivity contribution in [3.8, 4) is 0 Å². The van der Waals surface area contributed by atoms with Crippen molar-refractivity contribution in [3.63, 3.8) is 0 Å². The first kappa shape index (κ1) is 6.65. The van der Waals surface area contributed by atoms with Crippen molar-refractivity contribution in [1.29, 1.82) is 0 Å². The predicted octanol–water partition coefficient (Wildman–Crippen LogP) is 2.22. The van der Waals surface area contributed by atoms with Crippen molar-refractivity contribution < 1.29 is 0 Å². The molecule has 0 fully saturated rings. The number of hydrogen-bond donors (Lipinski definition) is 2. The summed E-state index contributed by atoms with van der Waals surface area (Å²) >= 11 is 13.2. The molecule has 0 saturated heterocycles. The van der Waals surface area contributed by atoms with Crippen LogP contribution in [0, 0.1) is 0 Å². The summed E-state index contributed by atoms with van der Waals surface area (Å²) in [5.41, 5.74) is 0. The summed E-state index contributed by atoms with van der Waals surface area (Å²) in [7, 11) is 0. The molecule has 44 valence electrons. The highest BCUT2D eigenvalue weighted by atomic mass is 32.1. The molecule has 8 heavy (non-hydrogen) atoms. The Balaban J connectivity index is 2.86. The molecule has 0 bridgehead atoms. The van der Waals surface area contributed by atoms with E-state index in [9.17, 15) is 0 Å². The van der Waals surface area contributed by atoms with Gasteiger partial charge in [-0.3, -0.25) is 0 Å². The topological polar surface area (TPSA) is 0 Å². The molecule has 1 aliphatic carbocycles. The van der Waals surface area contributed by atoms with Gasteiger partial charge in [0.1, 0.15) is 0 Å². The maximum atomic E-state index is 4.94. The lowest BCUT2D eigenvalue weighted by molar-refractivity contribution is 1.14. The maximum absolute atomic E-state index is 4.94. The molecule has 0 atom stereocenters. The summed E-state index contributed by atoms with van der Waals surface area (Å²) in [5.74, 6) is 0. The molecule has 0 radical (unpaired) electrons. The van der Waals surface area contributed by atoms with E-state index in [0.29, 0.717) is 0 Å². The molecule has 1 rings (SSSR count). The summed E-state index contributed by atoms with van der Waals surface area (Å²) in [6, 6.07) is 0. The van der Waals surface area contributed by atoms with E-state index in [0.717, 1.165) is 27.5 Å². The molecule has 0 N–H and O–H groups in total. The predicted molar refractivity (Wildman–Crippen MR) is 46.8 cm³/mol. The van der Waals surface area contributed by atoms with Crippen molar-refractivity contribution in [1.82, 2.24) is 0 Å². The van der Waals surface area contributed by atoms with Crippen LogP contribution in [0.3, 0.4) is 0 Å². The standard InChI is InChI=1S/C5H6S3/c6-3-1-2-4(7)5(3)8/h6,8H,1-2H2. The van der Waals surface area contributed by atoms with E-state index in [1.165, 1.54) is 0 Å². The third-order valence-corrected chi connectivity index (χ3v) is 2.85. The van der Waals surface area contributed by atoms with Crippen LogP contribution in [0.15, 0.2) is 9.81 Å². The van der Waals surface area contributed by atoms with Gasteiger partial charge in [0, 0.05) is 9.77 Å². The largest absolute Gasteiger partial charge is 0.147 e. The Hall–Kier alpha value is 0.530. The molecule has 0 aliphatic heterocycles. The Morgan fingerprint density at radius 1 is 1.25 bits per heavy atom. The summed E-state index contributed by atoms with van der Waals surface area (Å²) in [6.07, 6.45) is 1.95. The van der Waals surface area contributed by atoms with Gasteiger partial charge in [0.2, 0.25) is 0 Å². The lowest BCUT2D eigenvalue weighted by Crippen LogP contribution is -1.82. The van der Waals surface area contributed by atoms with Crippen LogP contribution in [0.5, 0.6) is 0 Å². The van der Waals surface area contributed by atoms with Crippen molar-refractivity contribution in [2.75, 3.05) is 0 Å². The molecule has 0 aromatic heterocycles. The molecule has 0 aromatic carbocycles. The van der Waals surface area contributed by atoms with Crippen LogP contribution in [0.1, 0.15) is 12.8 Å². The number of rotatable bonds is 0. The van der Waals surface area contributed by atoms with Gasteiger partial charge in [-0.25, -0.2) is 0 Å². The van der Waals surface area contributed by atoms with E-state index in [1.807, 2.05) is 0 Å². The summed E-state index contributed by atoms with van der Waals surface area (Å²) in [6.45, 7) is 0. The number of hydrogen-bond acceptors (Lipinski definition) is 3. The van der Waals surface area contributed by atoms with Gasteiger partial charge < -0.3 is 0 Å². The molecule has 0 heterocycles. The second kappa shape index (κ2) is 2.42. The third-order valence-electron chi connectivity index (χ3n) is 1.13. The molecule has 0 unspecified atom stereocenters. The van der Waals surface area contributed by atoms with Gasteiger partial charge in [0.05, 0.1) is 0 Å². The number of allylic oxidation sites excluding steroid dienone is 2. The fourth-order valence-corrected chi connectivity index (χ4v) is 1.40. The van der Waals surface area contributed by atoms with Crippen molar-refractivity contribution in [2.45, 2.75) is 12.8 Å². The first-order chi connectivity index (χ1) is 3.72. The quantitative estimate of drug-likeness (QED) is 0.407. The van der Waals surface area contributed by atoms with Gasteiger partial charge in [0.15, 0.2) is 0 Å². The van der Waals surface area contributed by atoms with Gasteiger partial charge in [-0.05, 0) is 17.7 Å². The Morgan fingerprint density at radius 3 is 2.00 bits per heavy atom. The van der Waals surface area contributed by atoms with E-state index < -0.39 is 0 Å². The molecule has 0 aromatic rings. The van der Waals surface area contributed by atoms with Crippen LogP contribution in [0.4, 0.5) is 0 Å². The van der Waals surface area contributed by atoms with Crippen LogP contribution < -0.4 is 0 Å². The van der Waals surface area contributed by atoms with Crippen molar-refractivity contribution >= 4 is 42.3 Å². The molecule has 0 saturated carbocycles. The third kappa shape index (κ3) is 1.09. The van der Waals surface area contributed by atoms with E-state index >= 15 is 0 Å². The first-order valence-electron chi connectivity index (χ1n) is 2.36. The Bertz CT molecular complexity index is 157. The van der Waals surface area contributed by atoms with E-state index in [4.69, 9.17) is 12.2 Å². The van der Waals surface area contributed by atoms with Crippen LogP contribution in [0.25, 0.3) is 0 Å². The summed E-state index contributed by atoms with van der Waals surface area (Å²) in [5, 5.41) is 0. The molecule has 0 nitrogen and oxygen atoms in total. The molecular formula is C5H6S3. The number of thiocarbonyl (C=S) groups is 1. The summed E-state index contributed by atoms with van der Waals surface area (Å²) < 4.78 is 0. The molecule has 0 spiro atoms. The highest BCUT2D eigenvalue weighted by Crippen LogP contribution is 2.28. The zero-order chi connectivity index (χ0) is 6.15. The van der Waals surface area contributed by atoms with E-state index in [2.05, 4.69) is 25.3 Å². The number of thiol groups is 2. The second-order valence-electron chi connectivity index (χ2n) is 1.72. The highest BCUT2D eigenvalue weighted by molar-refractivity contribution is 7.92. The molecular weight excluding hydrogens is 156 g/mol. The van der Waals surface area contributed by atoms with Gasteiger partial charge in [-0.15, -0.1) is 25.3 Å². The second-order valence-corrected chi connectivity index (χ2v) is 3.20. The Morgan fingerprint density at radius 2 is 1.88 bits per heavy atom. The molecule has 3 heteroatoms. The average molecular weight is 162 g/mol. The normalized spacial score (nSPS) is 20.5. The molecule has 1 aliphatic rings. The molecule has 0 amide bonds. The smallest absolute Gasteiger partial charge is 0.0296 e. The zero-order valence-corrected chi connectivity index (χ0v) is 6.82. The summed E-state index contributed by atoms with van der Waals surface area (Å²) in [4.78, 5) is 2.92. The lowest BCUT2D eigenvalue weighted by Gasteiger charge is -1.87. The van der Waals surface area contributed by atoms with Gasteiger partial charge in [-0.1, -0.05) is 12.2 Å². The van der Waals surface area contributed by atoms with Crippen molar-refractivity contribution in [2.24, 2.45) is 0 Å². The van der Waals surface area contributed by atoms with Crippen LogP contribution in [-0.4, -0.2) is 4.86 Å². The average Bonchev–Trinajstić information content (AvgIpc) is 1.98. The van der Waals surface area contributed by atoms with Gasteiger partial charge in [-0.2, -0.15) is 0 Å². The minimum absolute atomic E-state index is 0.920. The van der Waals surface area contributed by atoms with Gasteiger partial charge >= 0.3 is 0 Å². The Kier molecular flexibility index (Phi) is 2.01. The van der Waals surface area contributed by atoms with Crippen LogP contribution in [0.2, 0.25) is 0 Å². The van der Waals surface area contributed by atoms with E-state index in [-0.39, 0.29) is 0 Å². The SMILES string of the molecule is S=C1CCC(S)=C1S. The van der Waals surface area contributed by atoms with E-state index in [1.54, 1.807) is 0 Å². The first-order valence-corrected chi connectivity index (χ1v) is 3.66. The fourth-order valence-electron chi connectivity index (χ4n) is 0.630. The van der Waals surface area contributed by atoms with Gasteiger partial charge in [0.25, 0.3) is 0 Å². The lowest BCUT2D eigenvalue weighted by atomic mass is 10.4. The monoisotopic (exact) mass is 162 g/mol. The fraction of sp³-hybridized carbons (Fsp3) is 0.400.